The molecule has 0 amide bonds. The van der Waals surface area contributed by atoms with Gasteiger partial charge in [0, 0.05) is 0 Å². The molecule has 0 fully saturated rings. The molecular weight excluding hydrogens is 196 g/mol. The van der Waals surface area contributed by atoms with Crippen molar-refractivity contribution < 1.29 is 5.11 Å². The second kappa shape index (κ2) is 5.49. The van der Waals surface area contributed by atoms with Gasteiger partial charge in [0.1, 0.15) is 0 Å². The van der Waals surface area contributed by atoms with Gasteiger partial charge in [0.25, 0.3) is 0 Å². The van der Waals surface area contributed by atoms with Crippen LogP contribution in [0.5, 0.6) is 0 Å². The Balaban J connectivity index is 2.82. The van der Waals surface area contributed by atoms with Gasteiger partial charge in [-0.3, -0.25) is 0 Å². The molecule has 16 heavy (non-hydrogen) atoms. The van der Waals surface area contributed by atoms with Crippen LogP contribution in [-0.2, 0) is 0 Å². The van der Waals surface area contributed by atoms with E-state index in [2.05, 4.69) is 45.6 Å². The molecule has 1 atom stereocenters. The third-order valence-corrected chi connectivity index (χ3v) is 3.16. The minimum Gasteiger partial charge on any atom is -0.389 e. The Hall–Kier alpha value is -0.820. The van der Waals surface area contributed by atoms with E-state index in [9.17, 15) is 5.11 Å². The zero-order chi connectivity index (χ0) is 12.2. The molecule has 0 saturated carbocycles. The first-order valence-electron chi connectivity index (χ1n) is 6.10. The predicted molar refractivity (Wildman–Crippen MR) is 70.3 cm³/mol. The fourth-order valence-electron chi connectivity index (χ4n) is 2.03. The summed E-state index contributed by atoms with van der Waals surface area (Å²) in [6, 6.07) is 0. The van der Waals surface area contributed by atoms with Gasteiger partial charge in [0.15, 0.2) is 0 Å². The molecule has 0 aromatic heterocycles. The van der Waals surface area contributed by atoms with E-state index in [1.54, 1.807) is 0 Å². The van der Waals surface area contributed by atoms with Crippen molar-refractivity contribution in [3.8, 4) is 0 Å². The molecule has 1 rings (SSSR count). The summed E-state index contributed by atoms with van der Waals surface area (Å²) in [5.41, 5.74) is 2.41. The van der Waals surface area contributed by atoms with Gasteiger partial charge < -0.3 is 5.11 Å². The van der Waals surface area contributed by atoms with Crippen molar-refractivity contribution in [1.29, 1.82) is 0 Å². The fraction of sp³-hybridized carbons (Fsp3) is 0.600. The maximum absolute atomic E-state index is 10.0. The maximum Gasteiger partial charge on any atom is 0.0755 e. The topological polar surface area (TPSA) is 20.2 Å². The number of aliphatic hydroxyl groups excluding tert-OH is 1. The van der Waals surface area contributed by atoms with E-state index in [0.717, 1.165) is 31.3 Å². The normalized spacial score (nSPS) is 32.4. The van der Waals surface area contributed by atoms with Crippen molar-refractivity contribution in [1.82, 2.24) is 0 Å². The Kier molecular flexibility index (Phi) is 4.55. The van der Waals surface area contributed by atoms with Gasteiger partial charge in [-0.25, -0.2) is 0 Å². The number of aliphatic hydroxyl groups is 1. The number of allylic oxidation sites excluding steroid dienone is 4. The number of hydrogen-bond donors (Lipinski definition) is 1. The monoisotopic (exact) mass is 220 g/mol. The molecule has 0 unspecified atom stereocenters. The summed E-state index contributed by atoms with van der Waals surface area (Å²) < 4.78 is 0. The Morgan fingerprint density at radius 2 is 2.12 bits per heavy atom. The van der Waals surface area contributed by atoms with Crippen LogP contribution < -0.4 is 0 Å². The third kappa shape index (κ3) is 4.36. The first kappa shape index (κ1) is 13.2. The first-order chi connectivity index (χ1) is 7.41. The van der Waals surface area contributed by atoms with Crippen LogP contribution in [0.4, 0.5) is 0 Å². The molecule has 90 valence electrons. The van der Waals surface area contributed by atoms with E-state index >= 15 is 0 Å². The lowest BCUT2D eigenvalue weighted by Crippen LogP contribution is -2.20. The van der Waals surface area contributed by atoms with E-state index in [1.165, 1.54) is 5.57 Å². The van der Waals surface area contributed by atoms with Gasteiger partial charge in [-0.2, -0.15) is 0 Å². The smallest absolute Gasteiger partial charge is 0.0755 e. The lowest BCUT2D eigenvalue weighted by Gasteiger charge is -2.24. The van der Waals surface area contributed by atoms with Crippen LogP contribution in [0.15, 0.2) is 36.0 Å². The largest absolute Gasteiger partial charge is 0.389 e. The quantitative estimate of drug-likeness (QED) is 0.612. The summed E-state index contributed by atoms with van der Waals surface area (Å²) in [5.74, 6) is 0. The van der Waals surface area contributed by atoms with Gasteiger partial charge in [0.2, 0.25) is 0 Å². The van der Waals surface area contributed by atoms with Gasteiger partial charge in [0.05, 0.1) is 6.10 Å². The predicted octanol–water partition coefficient (Wildman–Crippen LogP) is 4.01. The average Bonchev–Trinajstić information content (AvgIpc) is 2.16. The van der Waals surface area contributed by atoms with Crippen molar-refractivity contribution in [2.75, 3.05) is 0 Å². The molecule has 0 spiro atoms. The Labute approximate surface area is 99.6 Å². The summed E-state index contributed by atoms with van der Waals surface area (Å²) in [6.45, 7) is 10.5. The molecule has 1 aliphatic rings. The highest BCUT2D eigenvalue weighted by atomic mass is 16.3. The third-order valence-electron chi connectivity index (χ3n) is 3.16. The second-order valence-electron chi connectivity index (χ2n) is 5.56. The van der Waals surface area contributed by atoms with Gasteiger partial charge in [-0.15, -0.1) is 0 Å². The zero-order valence-electron chi connectivity index (χ0n) is 10.8. The molecule has 0 aromatic carbocycles. The van der Waals surface area contributed by atoms with Crippen molar-refractivity contribution in [2.45, 2.75) is 52.6 Å². The lowest BCUT2D eigenvalue weighted by molar-refractivity contribution is 0.160. The van der Waals surface area contributed by atoms with Gasteiger partial charge in [-0.05, 0) is 43.6 Å². The van der Waals surface area contributed by atoms with E-state index in [4.69, 9.17) is 0 Å². The SMILES string of the molecule is C=C1CC/C=C(\C)C/C=C/C(C)(C)C[C@H]1O. The number of hydrogen-bond acceptors (Lipinski definition) is 1. The highest BCUT2D eigenvalue weighted by Crippen LogP contribution is 2.28. The van der Waals surface area contributed by atoms with E-state index < -0.39 is 0 Å². The minimum absolute atomic E-state index is 0.0486. The second-order valence-corrected chi connectivity index (χ2v) is 5.56. The summed E-state index contributed by atoms with van der Waals surface area (Å²) in [4.78, 5) is 0. The summed E-state index contributed by atoms with van der Waals surface area (Å²) in [6.07, 6.45) is 9.99. The Morgan fingerprint density at radius 1 is 1.44 bits per heavy atom. The van der Waals surface area contributed by atoms with Crippen molar-refractivity contribution in [3.63, 3.8) is 0 Å². The molecule has 0 heterocycles. The molecule has 0 bridgehead atoms. The van der Waals surface area contributed by atoms with Gasteiger partial charge in [-0.1, -0.05) is 44.2 Å². The first-order valence-corrected chi connectivity index (χ1v) is 6.10. The van der Waals surface area contributed by atoms with Crippen LogP contribution in [-0.4, -0.2) is 11.2 Å². The Bertz CT molecular complexity index is 307. The molecule has 1 N–H and O–H groups in total. The van der Waals surface area contributed by atoms with Crippen molar-refractivity contribution >= 4 is 0 Å². The van der Waals surface area contributed by atoms with Crippen molar-refractivity contribution in [3.05, 3.63) is 36.0 Å². The highest BCUT2D eigenvalue weighted by Gasteiger charge is 2.20. The van der Waals surface area contributed by atoms with Gasteiger partial charge >= 0.3 is 0 Å². The molecular formula is C15H24O. The van der Waals surface area contributed by atoms with Crippen LogP contribution in [0.25, 0.3) is 0 Å². The molecule has 1 heteroatoms. The average molecular weight is 220 g/mol. The molecule has 1 aliphatic carbocycles. The van der Waals surface area contributed by atoms with Crippen LogP contribution >= 0.6 is 0 Å². The summed E-state index contributed by atoms with van der Waals surface area (Å²) >= 11 is 0. The molecule has 0 radical (unpaired) electrons. The standard InChI is InChI=1S/C15H24O/c1-12-7-5-9-13(2)14(16)11-15(3,4)10-6-8-12/h6-7,10,14,16H,2,5,8-9,11H2,1,3-4H3/b10-6+,12-7+/t14-/m1/s1. The van der Waals surface area contributed by atoms with E-state index in [-0.39, 0.29) is 11.5 Å². The molecule has 1 nitrogen and oxygen atoms in total. The van der Waals surface area contributed by atoms with E-state index in [1.807, 2.05) is 0 Å². The fourth-order valence-corrected chi connectivity index (χ4v) is 2.03. The summed E-state index contributed by atoms with van der Waals surface area (Å²) in [5, 5.41) is 10.0. The van der Waals surface area contributed by atoms with Crippen LogP contribution in [0, 0.1) is 5.41 Å². The minimum atomic E-state index is -0.369. The zero-order valence-corrected chi connectivity index (χ0v) is 10.8. The van der Waals surface area contributed by atoms with E-state index in [0.29, 0.717) is 0 Å². The van der Waals surface area contributed by atoms with Crippen LogP contribution in [0.3, 0.4) is 0 Å². The molecule has 0 aromatic rings. The Morgan fingerprint density at radius 3 is 2.81 bits per heavy atom. The molecule has 0 saturated heterocycles. The maximum atomic E-state index is 10.0. The molecule has 0 aliphatic heterocycles. The highest BCUT2D eigenvalue weighted by molar-refractivity contribution is 5.12. The van der Waals surface area contributed by atoms with Crippen LogP contribution in [0.1, 0.15) is 46.5 Å². The lowest BCUT2D eigenvalue weighted by atomic mass is 9.84. The van der Waals surface area contributed by atoms with Crippen LogP contribution in [0.2, 0.25) is 0 Å². The van der Waals surface area contributed by atoms with Crippen molar-refractivity contribution in [2.24, 2.45) is 5.41 Å². The number of rotatable bonds is 0. The summed E-state index contributed by atoms with van der Waals surface area (Å²) in [7, 11) is 0.